The number of hydrogen-bond donors (Lipinski definition) is 1. The first-order valence-electron chi connectivity index (χ1n) is 9.58. The third-order valence-electron chi connectivity index (χ3n) is 5.33. The molecule has 0 bridgehead atoms. The fourth-order valence-corrected chi connectivity index (χ4v) is 3.85. The van der Waals surface area contributed by atoms with E-state index in [0.29, 0.717) is 28.0 Å². The lowest BCUT2D eigenvalue weighted by Crippen LogP contribution is -2.32. The summed E-state index contributed by atoms with van der Waals surface area (Å²) in [5.41, 5.74) is 1.88. The third kappa shape index (κ3) is 3.02. The lowest BCUT2D eigenvalue weighted by atomic mass is 10.2. The number of carbonyl (C=O) groups is 1. The van der Waals surface area contributed by atoms with Crippen LogP contribution >= 0.6 is 0 Å². The van der Waals surface area contributed by atoms with Crippen molar-refractivity contribution in [2.45, 2.75) is 25.7 Å². The maximum Gasteiger partial charge on any atom is 0.272 e. The summed E-state index contributed by atoms with van der Waals surface area (Å²) in [6.07, 6.45) is 8.44. The number of carbonyl (C=O) groups excluding carboxylic acids is 1. The summed E-state index contributed by atoms with van der Waals surface area (Å²) in [5.74, 6) is -1.55. The Morgan fingerprint density at radius 3 is 2.62 bits per heavy atom. The topological polar surface area (TPSA) is 79.2 Å². The Balaban J connectivity index is 1.54. The Labute approximate surface area is 164 Å². The Morgan fingerprint density at radius 1 is 1.03 bits per heavy atom. The molecule has 0 spiro atoms. The van der Waals surface area contributed by atoms with Gasteiger partial charge in [-0.15, -0.1) is 0 Å². The van der Waals surface area contributed by atoms with Crippen molar-refractivity contribution in [3.05, 3.63) is 48.1 Å². The summed E-state index contributed by atoms with van der Waals surface area (Å²) in [7, 11) is 0. The Morgan fingerprint density at radius 2 is 1.83 bits per heavy atom. The van der Waals surface area contributed by atoms with Gasteiger partial charge in [0.2, 0.25) is 0 Å². The Hall–Kier alpha value is -3.36. The van der Waals surface area contributed by atoms with Gasteiger partial charge in [-0.1, -0.05) is 12.8 Å². The number of amides is 1. The minimum atomic E-state index is -0.750. The highest BCUT2D eigenvalue weighted by molar-refractivity contribution is 5.98. The van der Waals surface area contributed by atoms with Gasteiger partial charge in [0.15, 0.2) is 11.5 Å². The molecule has 29 heavy (non-hydrogen) atoms. The Kier molecular flexibility index (Phi) is 4.22. The van der Waals surface area contributed by atoms with E-state index in [1.807, 2.05) is 4.90 Å². The molecule has 0 unspecified atom stereocenters. The van der Waals surface area contributed by atoms with Crippen molar-refractivity contribution in [2.24, 2.45) is 0 Å². The first-order valence-corrected chi connectivity index (χ1v) is 9.58. The molecule has 5 heterocycles. The number of pyridine rings is 2. The average molecular weight is 396 g/mol. The molecule has 5 rings (SSSR count). The maximum absolute atomic E-state index is 14.0. The summed E-state index contributed by atoms with van der Waals surface area (Å²) in [6.45, 7) is 1.48. The van der Waals surface area contributed by atoms with Gasteiger partial charge in [0.25, 0.3) is 5.91 Å². The van der Waals surface area contributed by atoms with Gasteiger partial charge >= 0.3 is 0 Å². The van der Waals surface area contributed by atoms with Crippen molar-refractivity contribution in [3.8, 4) is 11.4 Å². The van der Waals surface area contributed by atoms with Gasteiger partial charge in [-0.25, -0.2) is 13.8 Å². The van der Waals surface area contributed by atoms with Crippen LogP contribution < -0.4 is 0 Å². The van der Waals surface area contributed by atoms with Gasteiger partial charge in [0.1, 0.15) is 17.2 Å². The van der Waals surface area contributed by atoms with Crippen molar-refractivity contribution >= 4 is 22.5 Å². The molecule has 1 fully saturated rings. The number of imidazole rings is 1. The second-order valence-electron chi connectivity index (χ2n) is 7.24. The average Bonchev–Trinajstić information content (AvgIpc) is 3.21. The fraction of sp³-hybridized carbons (Fsp3) is 0.300. The number of likely N-dealkylation sites (tertiary alicyclic amines) is 1. The number of aromatic amines is 1. The van der Waals surface area contributed by atoms with E-state index >= 15 is 0 Å². The molecule has 4 aromatic heterocycles. The molecule has 148 valence electrons. The molecular formula is C20H18F2N6O. The summed E-state index contributed by atoms with van der Waals surface area (Å²) < 4.78 is 29.0. The molecular weight excluding hydrogens is 378 g/mol. The lowest BCUT2D eigenvalue weighted by molar-refractivity contribution is 0.0756. The van der Waals surface area contributed by atoms with Crippen molar-refractivity contribution in [1.82, 2.24) is 29.5 Å². The number of halogens is 2. The monoisotopic (exact) mass is 396 g/mol. The van der Waals surface area contributed by atoms with Crippen LogP contribution in [0, 0.1) is 11.6 Å². The van der Waals surface area contributed by atoms with Gasteiger partial charge < -0.3 is 4.90 Å². The SMILES string of the molecule is O=C(c1cc2[nH]nc(-c3cnc4c(F)cc(F)cn34)c2cn1)N1CCCCCC1. The number of nitrogens with one attached hydrogen (secondary N) is 1. The zero-order valence-electron chi connectivity index (χ0n) is 15.5. The molecule has 0 saturated carbocycles. The fourth-order valence-electron chi connectivity index (χ4n) is 3.85. The normalized spacial score (nSPS) is 15.2. The highest BCUT2D eigenvalue weighted by Crippen LogP contribution is 2.28. The Bertz CT molecular complexity index is 1220. The molecule has 1 aliphatic heterocycles. The summed E-state index contributed by atoms with van der Waals surface area (Å²) >= 11 is 0. The standard InChI is InChI=1S/C20H18F2N6O/c21-12-7-14(22)19-24-10-17(28(19)11-12)18-13-9-23-16(8-15(13)25-26-18)20(29)27-5-3-1-2-4-6-27/h7-11H,1-6H2,(H,25,26). The molecule has 0 radical (unpaired) electrons. The first kappa shape index (κ1) is 17.7. The number of aromatic nitrogens is 5. The van der Waals surface area contributed by atoms with Crippen LogP contribution in [0.5, 0.6) is 0 Å². The highest BCUT2D eigenvalue weighted by Gasteiger charge is 2.21. The van der Waals surface area contributed by atoms with E-state index in [4.69, 9.17) is 0 Å². The predicted octanol–water partition coefficient (Wildman–Crippen LogP) is 3.57. The molecule has 9 heteroatoms. The molecule has 0 aliphatic carbocycles. The third-order valence-corrected chi connectivity index (χ3v) is 5.33. The van der Waals surface area contributed by atoms with Crippen LogP contribution in [0.25, 0.3) is 27.9 Å². The minimum absolute atomic E-state index is 0.0125. The van der Waals surface area contributed by atoms with Crippen molar-refractivity contribution in [2.75, 3.05) is 13.1 Å². The molecule has 1 aliphatic rings. The van der Waals surface area contributed by atoms with Crippen LogP contribution in [0.2, 0.25) is 0 Å². The second kappa shape index (κ2) is 6.91. The molecule has 0 aromatic carbocycles. The van der Waals surface area contributed by atoms with E-state index in [1.54, 1.807) is 12.3 Å². The van der Waals surface area contributed by atoms with Crippen LogP contribution in [-0.2, 0) is 0 Å². The van der Waals surface area contributed by atoms with Gasteiger partial charge in [-0.2, -0.15) is 5.10 Å². The zero-order chi connectivity index (χ0) is 20.0. The number of H-pyrrole nitrogens is 1. The molecule has 4 aromatic rings. The maximum atomic E-state index is 14.0. The van der Waals surface area contributed by atoms with E-state index in [-0.39, 0.29) is 11.6 Å². The van der Waals surface area contributed by atoms with Gasteiger partial charge in [-0.3, -0.25) is 19.3 Å². The highest BCUT2D eigenvalue weighted by atomic mass is 19.1. The van der Waals surface area contributed by atoms with Crippen LogP contribution in [-0.4, -0.2) is 48.5 Å². The molecule has 1 saturated heterocycles. The van der Waals surface area contributed by atoms with Crippen molar-refractivity contribution < 1.29 is 13.6 Å². The first-order chi connectivity index (χ1) is 14.1. The van der Waals surface area contributed by atoms with E-state index < -0.39 is 11.6 Å². The van der Waals surface area contributed by atoms with E-state index in [2.05, 4.69) is 20.2 Å². The molecule has 1 N–H and O–H groups in total. The number of fused-ring (bicyclic) bond motifs is 2. The van der Waals surface area contributed by atoms with Gasteiger partial charge in [0.05, 0.1) is 17.4 Å². The number of nitrogens with zero attached hydrogens (tertiary/aromatic N) is 5. The smallest absolute Gasteiger partial charge is 0.272 e. The van der Waals surface area contributed by atoms with Gasteiger partial charge in [0, 0.05) is 36.9 Å². The predicted molar refractivity (Wildman–Crippen MR) is 102 cm³/mol. The van der Waals surface area contributed by atoms with Crippen molar-refractivity contribution in [1.29, 1.82) is 0 Å². The van der Waals surface area contributed by atoms with E-state index in [0.717, 1.165) is 51.0 Å². The number of rotatable bonds is 2. The summed E-state index contributed by atoms with van der Waals surface area (Å²) in [5, 5.41) is 7.81. The second-order valence-corrected chi connectivity index (χ2v) is 7.24. The van der Waals surface area contributed by atoms with Crippen LogP contribution in [0.15, 0.2) is 30.7 Å². The summed E-state index contributed by atoms with van der Waals surface area (Å²) in [4.78, 5) is 23.0. The largest absolute Gasteiger partial charge is 0.337 e. The van der Waals surface area contributed by atoms with Crippen LogP contribution in [0.4, 0.5) is 8.78 Å². The van der Waals surface area contributed by atoms with Crippen LogP contribution in [0.1, 0.15) is 36.2 Å². The zero-order valence-corrected chi connectivity index (χ0v) is 15.5. The van der Waals surface area contributed by atoms with E-state index in [9.17, 15) is 13.6 Å². The summed E-state index contributed by atoms with van der Waals surface area (Å²) in [6, 6.07) is 2.46. The van der Waals surface area contributed by atoms with Gasteiger partial charge in [-0.05, 0) is 18.9 Å². The van der Waals surface area contributed by atoms with Crippen molar-refractivity contribution in [3.63, 3.8) is 0 Å². The molecule has 0 atom stereocenters. The molecule has 1 amide bonds. The van der Waals surface area contributed by atoms with E-state index in [1.165, 1.54) is 10.6 Å². The number of hydrogen-bond acceptors (Lipinski definition) is 4. The minimum Gasteiger partial charge on any atom is -0.337 e. The molecule has 7 nitrogen and oxygen atoms in total. The van der Waals surface area contributed by atoms with Crippen LogP contribution in [0.3, 0.4) is 0 Å². The lowest BCUT2D eigenvalue weighted by Gasteiger charge is -2.19. The quantitative estimate of drug-likeness (QED) is 0.562.